The van der Waals surface area contributed by atoms with E-state index in [-0.39, 0.29) is 11.5 Å². The van der Waals surface area contributed by atoms with E-state index < -0.39 is 6.17 Å². The van der Waals surface area contributed by atoms with E-state index in [0.29, 0.717) is 5.69 Å². The van der Waals surface area contributed by atoms with Crippen molar-refractivity contribution in [3.05, 3.63) is 24.3 Å². The van der Waals surface area contributed by atoms with E-state index in [0.717, 1.165) is 0 Å². The second-order valence-electron chi connectivity index (χ2n) is 2.83. The van der Waals surface area contributed by atoms with E-state index in [2.05, 4.69) is 10.5 Å². The number of para-hydroxylation sites is 2. The molecule has 0 spiro atoms. The zero-order chi connectivity index (χ0) is 11.3. The molecule has 6 N–H and O–H groups in total. The summed E-state index contributed by atoms with van der Waals surface area (Å²) in [5.41, 5.74) is 13.2. The van der Waals surface area contributed by atoms with Gasteiger partial charge in [0.2, 0.25) is 5.78 Å². The lowest BCUT2D eigenvalue weighted by Gasteiger charge is -1.94. The number of nitrogens with zero attached hydrogens (tertiary/aromatic N) is 1. The Hall–Kier alpha value is -2.08. The van der Waals surface area contributed by atoms with E-state index in [1.807, 2.05) is 0 Å². The van der Waals surface area contributed by atoms with Gasteiger partial charge in [-0.1, -0.05) is 12.1 Å². The molecular weight excluding hydrogens is 196 g/mol. The molecule has 0 fully saturated rings. The number of Topliss-reactive ketones (excluding diaryl/α,β-unsaturated/α-hetero) is 1. The Morgan fingerprint density at radius 1 is 1.40 bits per heavy atom. The fraction of sp³-hybridized carbons (Fsp3) is 0.111. The van der Waals surface area contributed by atoms with Crippen LogP contribution in [0.2, 0.25) is 0 Å². The lowest BCUT2D eigenvalue weighted by molar-refractivity contribution is -0.113. The minimum absolute atomic E-state index is 0.146. The molecule has 0 saturated heterocycles. The minimum atomic E-state index is -0.597. The standard InChI is InChI=1S/C6H7NO.C3H5N3O/c7-5-3-1-2-4-6(5)8;4-3-2(7)1-5-6-3/h1-4,8H,7H2;1,3,6H,4H2. The summed E-state index contributed by atoms with van der Waals surface area (Å²) in [6.07, 6.45) is 0.574. The third kappa shape index (κ3) is 3.28. The zero-order valence-electron chi connectivity index (χ0n) is 7.92. The Bertz CT molecular complexity index is 357. The number of nitrogens with two attached hydrogens (primary N) is 2. The number of hydrazone groups is 1. The summed E-state index contributed by atoms with van der Waals surface area (Å²) in [4.78, 5) is 10.2. The molecule has 15 heavy (non-hydrogen) atoms. The number of nitrogen functional groups attached to an aromatic ring is 1. The van der Waals surface area contributed by atoms with Crippen molar-refractivity contribution in [1.29, 1.82) is 0 Å². The Kier molecular flexibility index (Phi) is 3.64. The van der Waals surface area contributed by atoms with Crippen molar-refractivity contribution in [2.24, 2.45) is 10.8 Å². The van der Waals surface area contributed by atoms with Gasteiger partial charge in [-0.3, -0.25) is 10.2 Å². The number of ketones is 1. The van der Waals surface area contributed by atoms with Crippen LogP contribution in [0.3, 0.4) is 0 Å². The molecule has 1 aromatic rings. The topological polar surface area (TPSA) is 114 Å². The van der Waals surface area contributed by atoms with E-state index in [1.54, 1.807) is 24.3 Å². The SMILES string of the molecule is NC1NN=CC1=O.Nc1ccccc1O. The van der Waals surface area contributed by atoms with Crippen LogP contribution in [0.1, 0.15) is 0 Å². The Labute approximate surface area is 86.6 Å². The van der Waals surface area contributed by atoms with Crippen molar-refractivity contribution in [3.63, 3.8) is 0 Å². The van der Waals surface area contributed by atoms with Crippen molar-refractivity contribution < 1.29 is 9.90 Å². The normalized spacial score (nSPS) is 17.9. The van der Waals surface area contributed by atoms with Crippen molar-refractivity contribution in [3.8, 4) is 5.75 Å². The number of carbonyl (C=O) groups excluding carboxylic acids is 1. The molecule has 80 valence electrons. The fourth-order valence-corrected chi connectivity index (χ4v) is 0.813. The third-order valence-electron chi connectivity index (χ3n) is 1.65. The first-order chi connectivity index (χ1) is 7.11. The van der Waals surface area contributed by atoms with Crippen LogP contribution in [0.4, 0.5) is 5.69 Å². The predicted octanol–water partition coefficient (Wildman–Crippen LogP) is -0.596. The first-order valence-electron chi connectivity index (χ1n) is 4.22. The summed E-state index contributed by atoms with van der Waals surface area (Å²) in [5, 5.41) is 12.2. The van der Waals surface area contributed by atoms with Crippen molar-refractivity contribution >= 4 is 17.7 Å². The fourth-order valence-electron chi connectivity index (χ4n) is 0.813. The van der Waals surface area contributed by atoms with Crippen LogP contribution in [0.25, 0.3) is 0 Å². The number of rotatable bonds is 0. The number of hydrogen-bond acceptors (Lipinski definition) is 6. The average Bonchev–Trinajstić information content (AvgIpc) is 2.57. The molecule has 6 nitrogen and oxygen atoms in total. The second-order valence-corrected chi connectivity index (χ2v) is 2.83. The van der Waals surface area contributed by atoms with Crippen LogP contribution < -0.4 is 16.9 Å². The number of nitrogens with one attached hydrogen (secondary N) is 1. The van der Waals surface area contributed by atoms with Gasteiger partial charge in [-0.05, 0) is 12.1 Å². The molecule has 1 aliphatic heterocycles. The Morgan fingerprint density at radius 2 is 2.07 bits per heavy atom. The number of aromatic hydroxyl groups is 1. The van der Waals surface area contributed by atoms with E-state index in [9.17, 15) is 4.79 Å². The van der Waals surface area contributed by atoms with Gasteiger partial charge in [0.15, 0.2) is 6.17 Å². The molecule has 1 unspecified atom stereocenters. The molecule has 1 atom stereocenters. The summed E-state index contributed by atoms with van der Waals surface area (Å²) in [6, 6.07) is 6.70. The van der Waals surface area contributed by atoms with Crippen molar-refractivity contribution in [2.75, 3.05) is 5.73 Å². The van der Waals surface area contributed by atoms with Crippen LogP contribution >= 0.6 is 0 Å². The number of hydrogen-bond donors (Lipinski definition) is 4. The van der Waals surface area contributed by atoms with Crippen LogP contribution in [0.5, 0.6) is 5.75 Å². The molecule has 1 heterocycles. The lowest BCUT2D eigenvalue weighted by Crippen LogP contribution is -2.36. The molecule has 0 bridgehead atoms. The van der Waals surface area contributed by atoms with Gasteiger partial charge in [-0.15, -0.1) is 0 Å². The van der Waals surface area contributed by atoms with Crippen molar-refractivity contribution in [2.45, 2.75) is 6.17 Å². The highest BCUT2D eigenvalue weighted by Gasteiger charge is 2.13. The highest BCUT2D eigenvalue weighted by Crippen LogP contribution is 2.16. The smallest absolute Gasteiger partial charge is 0.213 e. The molecule has 0 amide bonds. The number of benzene rings is 1. The lowest BCUT2D eigenvalue weighted by atomic mass is 10.3. The van der Waals surface area contributed by atoms with E-state index >= 15 is 0 Å². The summed E-state index contributed by atoms with van der Waals surface area (Å²) >= 11 is 0. The largest absolute Gasteiger partial charge is 0.506 e. The molecule has 1 aromatic carbocycles. The molecule has 1 aliphatic rings. The zero-order valence-corrected chi connectivity index (χ0v) is 7.92. The van der Waals surface area contributed by atoms with Gasteiger partial charge < -0.3 is 16.6 Å². The molecule has 6 heteroatoms. The van der Waals surface area contributed by atoms with Gasteiger partial charge >= 0.3 is 0 Å². The molecular formula is C9H12N4O2. The maximum atomic E-state index is 10.2. The number of carbonyl (C=O) groups is 1. The molecule has 0 radical (unpaired) electrons. The van der Waals surface area contributed by atoms with Gasteiger partial charge in [-0.25, -0.2) is 0 Å². The Balaban J connectivity index is 0.000000151. The summed E-state index contributed by atoms with van der Waals surface area (Å²) in [6.45, 7) is 0. The second kappa shape index (κ2) is 4.97. The summed E-state index contributed by atoms with van der Waals surface area (Å²) in [7, 11) is 0. The Morgan fingerprint density at radius 3 is 2.33 bits per heavy atom. The molecule has 0 aromatic heterocycles. The van der Waals surface area contributed by atoms with Crippen LogP contribution in [-0.4, -0.2) is 23.3 Å². The maximum absolute atomic E-state index is 10.2. The monoisotopic (exact) mass is 208 g/mol. The number of anilines is 1. The van der Waals surface area contributed by atoms with Gasteiger partial charge in [0.1, 0.15) is 5.75 Å². The quantitative estimate of drug-likeness (QED) is 0.336. The molecule has 2 rings (SSSR count). The maximum Gasteiger partial charge on any atom is 0.213 e. The number of phenolic OH excluding ortho intramolecular Hbond substituents is 1. The van der Waals surface area contributed by atoms with Gasteiger partial charge in [-0.2, -0.15) is 5.10 Å². The molecule has 0 aliphatic carbocycles. The highest BCUT2D eigenvalue weighted by atomic mass is 16.3. The van der Waals surface area contributed by atoms with Crippen molar-refractivity contribution in [1.82, 2.24) is 5.43 Å². The van der Waals surface area contributed by atoms with Gasteiger partial charge in [0.05, 0.1) is 11.9 Å². The highest BCUT2D eigenvalue weighted by molar-refractivity contribution is 6.30. The van der Waals surface area contributed by atoms with Crippen LogP contribution in [0.15, 0.2) is 29.4 Å². The van der Waals surface area contributed by atoms with Gasteiger partial charge in [0.25, 0.3) is 0 Å². The summed E-state index contributed by atoms with van der Waals surface area (Å²) < 4.78 is 0. The first kappa shape index (κ1) is 11.0. The number of phenols is 1. The predicted molar refractivity (Wildman–Crippen MR) is 57.1 cm³/mol. The first-order valence-corrected chi connectivity index (χ1v) is 4.22. The molecule has 0 saturated carbocycles. The third-order valence-corrected chi connectivity index (χ3v) is 1.65. The summed E-state index contributed by atoms with van der Waals surface area (Å²) in [5.74, 6) is -0.0208. The van der Waals surface area contributed by atoms with Crippen LogP contribution in [-0.2, 0) is 4.79 Å². The average molecular weight is 208 g/mol. The van der Waals surface area contributed by atoms with Crippen LogP contribution in [0, 0.1) is 0 Å². The van der Waals surface area contributed by atoms with E-state index in [1.165, 1.54) is 6.21 Å². The van der Waals surface area contributed by atoms with E-state index in [4.69, 9.17) is 16.6 Å². The van der Waals surface area contributed by atoms with Gasteiger partial charge in [0, 0.05) is 0 Å². The minimum Gasteiger partial charge on any atom is -0.506 e.